The molecule has 0 aliphatic carbocycles. The number of aromatic nitrogens is 1. The molecule has 166 valence electrons. The second-order valence-electron chi connectivity index (χ2n) is 8.61. The summed E-state index contributed by atoms with van der Waals surface area (Å²) in [4.78, 5) is 33.0. The number of Topliss-reactive ketones (excluding diaryl/α,β-unsaturated/α-hetero) is 1. The van der Waals surface area contributed by atoms with E-state index in [1.807, 2.05) is 19.1 Å². The molecular weight excluding hydrogens is 406 g/mol. The molecule has 3 heterocycles. The monoisotopic (exact) mass is 433 g/mol. The molecule has 2 aromatic carbocycles. The Bertz CT molecular complexity index is 1240. The average Bonchev–Trinajstić information content (AvgIpc) is 3.25. The summed E-state index contributed by atoms with van der Waals surface area (Å²) in [5.41, 5.74) is 4.24. The van der Waals surface area contributed by atoms with Crippen molar-refractivity contribution in [3.05, 3.63) is 69.0 Å². The molecule has 0 spiro atoms. The molecule has 1 saturated heterocycles. The molecule has 3 aromatic rings. The Kier molecular flexibility index (Phi) is 5.45. The van der Waals surface area contributed by atoms with E-state index in [2.05, 4.69) is 26.9 Å². The first kappa shape index (κ1) is 20.7. The van der Waals surface area contributed by atoms with Gasteiger partial charge >= 0.3 is 0 Å². The molecular formula is C25H27N3O4. The summed E-state index contributed by atoms with van der Waals surface area (Å²) in [6, 6.07) is 11.4. The zero-order valence-corrected chi connectivity index (χ0v) is 18.4. The first-order chi connectivity index (χ1) is 15.5. The smallest absolute Gasteiger partial charge is 0.231 e. The van der Waals surface area contributed by atoms with Crippen molar-refractivity contribution in [3.8, 4) is 11.5 Å². The zero-order valence-electron chi connectivity index (χ0n) is 18.4. The highest BCUT2D eigenvalue weighted by molar-refractivity contribution is 5.97. The zero-order chi connectivity index (χ0) is 22.2. The van der Waals surface area contributed by atoms with Crippen molar-refractivity contribution in [3.63, 3.8) is 0 Å². The second-order valence-corrected chi connectivity index (χ2v) is 8.61. The molecule has 2 aliphatic rings. The van der Waals surface area contributed by atoms with Crippen molar-refractivity contribution >= 4 is 16.7 Å². The van der Waals surface area contributed by atoms with E-state index in [1.54, 1.807) is 12.1 Å². The van der Waals surface area contributed by atoms with Crippen LogP contribution in [0.1, 0.15) is 34.1 Å². The van der Waals surface area contributed by atoms with Gasteiger partial charge in [-0.3, -0.25) is 19.4 Å². The number of ether oxygens (including phenoxy) is 2. The number of nitrogens with one attached hydrogen (secondary N) is 1. The van der Waals surface area contributed by atoms with Gasteiger partial charge in [0.05, 0.1) is 0 Å². The van der Waals surface area contributed by atoms with Gasteiger partial charge in [0.25, 0.3) is 0 Å². The summed E-state index contributed by atoms with van der Waals surface area (Å²) in [6.45, 7) is 8.91. The van der Waals surface area contributed by atoms with Crippen LogP contribution in [-0.4, -0.2) is 53.5 Å². The van der Waals surface area contributed by atoms with Crippen molar-refractivity contribution in [1.82, 2.24) is 14.8 Å². The highest BCUT2D eigenvalue weighted by Crippen LogP contribution is 2.32. The normalized spacial score (nSPS) is 16.6. The fourth-order valence-corrected chi connectivity index (χ4v) is 4.49. The minimum Gasteiger partial charge on any atom is -0.454 e. The fourth-order valence-electron chi connectivity index (χ4n) is 4.49. The van der Waals surface area contributed by atoms with Gasteiger partial charge in [0.2, 0.25) is 6.79 Å². The molecule has 1 N–H and O–H groups in total. The third-order valence-corrected chi connectivity index (χ3v) is 6.41. The molecule has 32 heavy (non-hydrogen) atoms. The fraction of sp³-hybridized carbons (Fsp3) is 0.360. The molecule has 0 saturated carbocycles. The van der Waals surface area contributed by atoms with Gasteiger partial charge in [-0.1, -0.05) is 6.07 Å². The lowest BCUT2D eigenvalue weighted by Crippen LogP contribution is -2.46. The highest BCUT2D eigenvalue weighted by Gasteiger charge is 2.21. The van der Waals surface area contributed by atoms with E-state index in [4.69, 9.17) is 9.47 Å². The van der Waals surface area contributed by atoms with E-state index in [1.165, 1.54) is 12.5 Å². The topological polar surface area (TPSA) is 74.9 Å². The van der Waals surface area contributed by atoms with Crippen LogP contribution in [0.5, 0.6) is 11.5 Å². The van der Waals surface area contributed by atoms with Gasteiger partial charge in [-0.25, -0.2) is 0 Å². The van der Waals surface area contributed by atoms with Crippen molar-refractivity contribution < 1.29 is 14.3 Å². The number of aryl methyl sites for hydroxylation is 1. The molecule has 1 fully saturated rings. The maximum atomic E-state index is 13.2. The Balaban J connectivity index is 1.26. The Morgan fingerprint density at radius 2 is 1.69 bits per heavy atom. The predicted octanol–water partition coefficient (Wildman–Crippen LogP) is 3.09. The number of fused-ring (bicyclic) bond motifs is 2. The van der Waals surface area contributed by atoms with Crippen LogP contribution in [0.4, 0.5) is 0 Å². The van der Waals surface area contributed by atoms with Gasteiger partial charge in [0, 0.05) is 67.0 Å². The van der Waals surface area contributed by atoms with E-state index in [-0.39, 0.29) is 11.2 Å². The number of aromatic amines is 1. The Hall–Kier alpha value is -3.16. The van der Waals surface area contributed by atoms with Crippen LogP contribution in [-0.2, 0) is 13.1 Å². The molecule has 7 nitrogen and oxygen atoms in total. The number of benzene rings is 2. The number of piperazine rings is 1. The Morgan fingerprint density at radius 3 is 2.44 bits per heavy atom. The summed E-state index contributed by atoms with van der Waals surface area (Å²) in [6.07, 6.45) is 0. The van der Waals surface area contributed by atoms with Gasteiger partial charge in [-0.05, 0) is 49.7 Å². The van der Waals surface area contributed by atoms with Gasteiger partial charge in [-0.2, -0.15) is 0 Å². The Labute approximate surface area is 186 Å². The Morgan fingerprint density at radius 1 is 0.969 bits per heavy atom. The van der Waals surface area contributed by atoms with Crippen molar-refractivity contribution in [2.45, 2.75) is 26.9 Å². The second kappa shape index (κ2) is 8.41. The lowest BCUT2D eigenvalue weighted by molar-refractivity contribution is 0.101. The molecule has 0 atom stereocenters. The predicted molar refractivity (Wildman–Crippen MR) is 122 cm³/mol. The van der Waals surface area contributed by atoms with Crippen molar-refractivity contribution in [2.75, 3.05) is 33.0 Å². The van der Waals surface area contributed by atoms with Gasteiger partial charge < -0.3 is 14.5 Å². The number of carbonyl (C=O) groups excluding carboxylic acids is 1. The first-order valence-electron chi connectivity index (χ1n) is 11.0. The maximum Gasteiger partial charge on any atom is 0.231 e. The SMILES string of the molecule is CC(=O)c1ccc2[nH]c(C)c(CN3CCN(Cc4ccc5c(c4)OCO5)CC3)c(=O)c2c1. The van der Waals surface area contributed by atoms with Crippen LogP contribution in [0.15, 0.2) is 41.2 Å². The standard InChI is InChI=1S/C25H27N3O4/c1-16-21(25(30)20-12-19(17(2)29)4-5-22(20)26-16)14-28-9-7-27(8-10-28)13-18-3-6-23-24(11-18)32-15-31-23/h3-6,11-12H,7-10,13-15H2,1-2H3,(H,26,30). The number of ketones is 1. The summed E-state index contributed by atoms with van der Waals surface area (Å²) in [5.74, 6) is 1.59. The summed E-state index contributed by atoms with van der Waals surface area (Å²) in [5, 5.41) is 0.583. The van der Waals surface area contributed by atoms with Crippen LogP contribution >= 0.6 is 0 Å². The number of H-pyrrole nitrogens is 1. The highest BCUT2D eigenvalue weighted by atomic mass is 16.7. The number of nitrogens with zero attached hydrogens (tertiary/aromatic N) is 2. The molecule has 0 radical (unpaired) electrons. The first-order valence-corrected chi connectivity index (χ1v) is 11.0. The van der Waals surface area contributed by atoms with E-state index < -0.39 is 0 Å². The van der Waals surface area contributed by atoms with Gasteiger partial charge in [0.1, 0.15) is 0 Å². The van der Waals surface area contributed by atoms with Crippen LogP contribution in [0, 0.1) is 6.92 Å². The number of rotatable bonds is 5. The maximum absolute atomic E-state index is 13.2. The van der Waals surface area contributed by atoms with Gasteiger partial charge in [-0.15, -0.1) is 0 Å². The number of pyridine rings is 1. The lowest BCUT2D eigenvalue weighted by Gasteiger charge is -2.34. The summed E-state index contributed by atoms with van der Waals surface area (Å²) >= 11 is 0. The molecule has 5 rings (SSSR count). The van der Waals surface area contributed by atoms with Crippen molar-refractivity contribution in [2.24, 2.45) is 0 Å². The minimum atomic E-state index is -0.0352. The van der Waals surface area contributed by atoms with Crippen LogP contribution in [0.3, 0.4) is 0 Å². The van der Waals surface area contributed by atoms with Crippen LogP contribution in [0.25, 0.3) is 10.9 Å². The molecule has 2 aliphatic heterocycles. The summed E-state index contributed by atoms with van der Waals surface area (Å²) < 4.78 is 10.9. The summed E-state index contributed by atoms with van der Waals surface area (Å²) in [7, 11) is 0. The lowest BCUT2D eigenvalue weighted by atomic mass is 10.0. The van der Waals surface area contributed by atoms with E-state index in [9.17, 15) is 9.59 Å². The van der Waals surface area contributed by atoms with E-state index >= 15 is 0 Å². The number of carbonyl (C=O) groups is 1. The average molecular weight is 434 g/mol. The van der Waals surface area contributed by atoms with Crippen LogP contribution in [0.2, 0.25) is 0 Å². The third kappa shape index (κ3) is 4.01. The number of hydrogen-bond donors (Lipinski definition) is 1. The van der Waals surface area contributed by atoms with Crippen molar-refractivity contribution in [1.29, 1.82) is 0 Å². The van der Waals surface area contributed by atoms with Gasteiger partial charge in [0.15, 0.2) is 22.7 Å². The minimum absolute atomic E-state index is 0.0159. The van der Waals surface area contributed by atoms with Crippen LogP contribution < -0.4 is 14.9 Å². The molecule has 0 amide bonds. The largest absolute Gasteiger partial charge is 0.454 e. The third-order valence-electron chi connectivity index (χ3n) is 6.41. The quantitative estimate of drug-likeness (QED) is 0.624. The molecule has 0 unspecified atom stereocenters. The van der Waals surface area contributed by atoms with E-state index in [0.29, 0.717) is 24.3 Å². The van der Waals surface area contributed by atoms with E-state index in [0.717, 1.165) is 61.0 Å². The molecule has 0 bridgehead atoms. The molecule has 7 heteroatoms. The molecule has 1 aromatic heterocycles. The number of hydrogen-bond acceptors (Lipinski definition) is 6.